The Labute approximate surface area is 165 Å². The van der Waals surface area contributed by atoms with Crippen LogP contribution in [0.25, 0.3) is 11.1 Å². The first-order valence-corrected chi connectivity index (χ1v) is 9.55. The maximum absolute atomic E-state index is 12.6. The van der Waals surface area contributed by atoms with Crippen LogP contribution in [0.15, 0.2) is 48.5 Å². The summed E-state index contributed by atoms with van der Waals surface area (Å²) in [5.74, 6) is -0.340. The first-order chi connectivity index (χ1) is 13.6. The minimum Gasteiger partial charge on any atom is -0.447 e. The van der Waals surface area contributed by atoms with Gasteiger partial charge in [0, 0.05) is 19.6 Å². The van der Waals surface area contributed by atoms with Gasteiger partial charge in [0.05, 0.1) is 6.54 Å². The van der Waals surface area contributed by atoms with Crippen molar-refractivity contribution in [2.24, 2.45) is 0 Å². The molecule has 1 unspecified atom stereocenters. The van der Waals surface area contributed by atoms with Crippen LogP contribution in [0.2, 0.25) is 0 Å². The zero-order valence-corrected chi connectivity index (χ0v) is 16.3. The molecule has 2 aromatic rings. The highest BCUT2D eigenvalue weighted by molar-refractivity contribution is 5.95. The second-order valence-corrected chi connectivity index (χ2v) is 6.68. The molecule has 0 bridgehead atoms. The highest BCUT2D eigenvalue weighted by Crippen LogP contribution is 2.22. The fraction of sp³-hybridized carbons (Fsp3) is 0.364. The second kappa shape index (κ2) is 9.48. The van der Waals surface area contributed by atoms with E-state index < -0.39 is 12.2 Å². The summed E-state index contributed by atoms with van der Waals surface area (Å²) >= 11 is 0. The van der Waals surface area contributed by atoms with Crippen LogP contribution in [0.1, 0.15) is 18.1 Å². The van der Waals surface area contributed by atoms with Crippen LogP contribution in [0.4, 0.5) is 4.79 Å². The number of carbonyl (C=O) groups excluding carboxylic acids is 2. The van der Waals surface area contributed by atoms with E-state index in [0.29, 0.717) is 13.0 Å². The number of hydrogen-bond donors (Lipinski definition) is 1. The van der Waals surface area contributed by atoms with Crippen LogP contribution in [-0.4, -0.2) is 49.8 Å². The molecule has 2 amide bonds. The lowest BCUT2D eigenvalue weighted by Gasteiger charge is -2.20. The number of imide groups is 1. The summed E-state index contributed by atoms with van der Waals surface area (Å²) in [7, 11) is 1.93. The van der Waals surface area contributed by atoms with Gasteiger partial charge >= 0.3 is 6.09 Å². The highest BCUT2D eigenvalue weighted by Gasteiger charge is 2.34. The topological polar surface area (TPSA) is 67.9 Å². The Hall–Kier alpha value is -2.70. The van der Waals surface area contributed by atoms with Gasteiger partial charge in [0.15, 0.2) is 0 Å². The third kappa shape index (κ3) is 4.77. The molecule has 1 fully saturated rings. The van der Waals surface area contributed by atoms with Gasteiger partial charge in [-0.25, -0.2) is 9.69 Å². The van der Waals surface area contributed by atoms with Gasteiger partial charge in [-0.3, -0.25) is 4.79 Å². The monoisotopic (exact) mass is 382 g/mol. The molecule has 1 N–H and O–H groups in total. The normalized spacial score (nSPS) is 14.8. The first-order valence-electron chi connectivity index (χ1n) is 9.55. The third-order valence-corrected chi connectivity index (χ3v) is 4.69. The lowest BCUT2D eigenvalue weighted by molar-refractivity contribution is -0.139. The molecular weight excluding hydrogens is 356 g/mol. The zero-order chi connectivity index (χ0) is 19.9. The van der Waals surface area contributed by atoms with Crippen molar-refractivity contribution >= 4 is 12.0 Å². The van der Waals surface area contributed by atoms with Crippen LogP contribution in [0.5, 0.6) is 0 Å². The van der Waals surface area contributed by atoms with Gasteiger partial charge in [0.25, 0.3) is 5.91 Å². The quantitative estimate of drug-likeness (QED) is 0.760. The summed E-state index contributed by atoms with van der Waals surface area (Å²) < 4.78 is 10.5. The van der Waals surface area contributed by atoms with Crippen LogP contribution < -0.4 is 5.32 Å². The van der Waals surface area contributed by atoms with Gasteiger partial charge in [-0.1, -0.05) is 42.5 Å². The van der Waals surface area contributed by atoms with Crippen LogP contribution in [-0.2, 0) is 27.2 Å². The molecular formula is C22H26N2O4. The van der Waals surface area contributed by atoms with Gasteiger partial charge in [0.1, 0.15) is 12.7 Å². The molecule has 0 radical (unpaired) electrons. The molecule has 28 heavy (non-hydrogen) atoms. The number of benzene rings is 2. The summed E-state index contributed by atoms with van der Waals surface area (Å²) in [6.07, 6.45) is -0.872. The lowest BCUT2D eigenvalue weighted by Crippen LogP contribution is -2.42. The van der Waals surface area contributed by atoms with E-state index >= 15 is 0 Å². The van der Waals surface area contributed by atoms with Crippen molar-refractivity contribution in [1.82, 2.24) is 10.2 Å². The first kappa shape index (κ1) is 20.0. The van der Waals surface area contributed by atoms with E-state index in [1.54, 1.807) is 0 Å². The van der Waals surface area contributed by atoms with Crippen molar-refractivity contribution in [2.75, 3.05) is 26.8 Å². The molecule has 0 spiro atoms. The summed E-state index contributed by atoms with van der Waals surface area (Å²) in [4.78, 5) is 25.4. The number of hydrogen-bond acceptors (Lipinski definition) is 5. The van der Waals surface area contributed by atoms with Crippen LogP contribution in [0.3, 0.4) is 0 Å². The summed E-state index contributed by atoms with van der Waals surface area (Å²) in [6, 6.07) is 16.5. The fourth-order valence-corrected chi connectivity index (χ4v) is 3.30. The molecule has 3 rings (SSSR count). The zero-order valence-electron chi connectivity index (χ0n) is 16.3. The molecule has 6 heteroatoms. The smallest absolute Gasteiger partial charge is 0.416 e. The number of rotatable bonds is 8. The Morgan fingerprint density at radius 1 is 1.18 bits per heavy atom. The third-order valence-electron chi connectivity index (χ3n) is 4.69. The predicted molar refractivity (Wildman–Crippen MR) is 107 cm³/mol. The average Bonchev–Trinajstić information content (AvgIpc) is 3.14. The summed E-state index contributed by atoms with van der Waals surface area (Å²) in [6.45, 7) is 3.58. The van der Waals surface area contributed by atoms with Crippen molar-refractivity contribution in [2.45, 2.75) is 26.0 Å². The molecule has 1 heterocycles. The highest BCUT2D eigenvalue weighted by atomic mass is 16.6. The molecule has 1 atom stereocenters. The van der Waals surface area contributed by atoms with Crippen molar-refractivity contribution in [3.8, 4) is 11.1 Å². The molecule has 0 saturated carbocycles. The second-order valence-electron chi connectivity index (χ2n) is 6.68. The minimum absolute atomic E-state index is 0.241. The molecule has 2 aromatic carbocycles. The molecule has 0 aromatic heterocycles. The van der Waals surface area contributed by atoms with E-state index in [4.69, 9.17) is 9.47 Å². The predicted octanol–water partition coefficient (Wildman–Crippen LogP) is 3.00. The summed E-state index contributed by atoms with van der Waals surface area (Å²) in [5, 5.41) is 3.16. The number of amides is 2. The fourth-order valence-electron chi connectivity index (χ4n) is 3.30. The van der Waals surface area contributed by atoms with E-state index in [1.165, 1.54) is 5.56 Å². The number of ether oxygens (including phenoxy) is 2. The maximum Gasteiger partial charge on any atom is 0.416 e. The molecule has 1 aliphatic rings. The van der Waals surface area contributed by atoms with E-state index in [9.17, 15) is 9.59 Å². The Morgan fingerprint density at radius 2 is 1.96 bits per heavy atom. The summed E-state index contributed by atoms with van der Waals surface area (Å²) in [5.41, 5.74) is 4.47. The molecule has 0 aliphatic carbocycles. The van der Waals surface area contributed by atoms with Gasteiger partial charge < -0.3 is 14.8 Å². The van der Waals surface area contributed by atoms with E-state index in [2.05, 4.69) is 29.6 Å². The van der Waals surface area contributed by atoms with Crippen molar-refractivity contribution in [3.05, 3.63) is 59.7 Å². The minimum atomic E-state index is -0.694. The van der Waals surface area contributed by atoms with E-state index in [-0.39, 0.29) is 19.1 Å². The Bertz CT molecular complexity index is 820. The van der Waals surface area contributed by atoms with E-state index in [0.717, 1.165) is 28.1 Å². The number of carbonyl (C=O) groups is 2. The number of nitrogens with one attached hydrogen (secondary N) is 1. The Kier molecular flexibility index (Phi) is 6.79. The molecule has 148 valence electrons. The van der Waals surface area contributed by atoms with Crippen LogP contribution >= 0.6 is 0 Å². The largest absolute Gasteiger partial charge is 0.447 e. The van der Waals surface area contributed by atoms with Gasteiger partial charge in [-0.05, 0) is 42.3 Å². The maximum atomic E-state index is 12.6. The van der Waals surface area contributed by atoms with Gasteiger partial charge in [-0.2, -0.15) is 0 Å². The van der Waals surface area contributed by atoms with Crippen molar-refractivity contribution in [3.63, 3.8) is 0 Å². The number of nitrogens with zero attached hydrogens (tertiary/aromatic N) is 1. The Balaban J connectivity index is 1.72. The molecule has 6 nitrogen and oxygen atoms in total. The lowest BCUT2D eigenvalue weighted by atomic mass is 9.99. The molecule has 1 saturated heterocycles. The van der Waals surface area contributed by atoms with E-state index in [1.807, 2.05) is 38.2 Å². The van der Waals surface area contributed by atoms with Crippen molar-refractivity contribution < 1.29 is 19.1 Å². The SMILES string of the molecule is CCOC(Cc1ccc(-c2cccc(CNC)c2)cc1)C(=O)N1CCOC1=O. The average molecular weight is 382 g/mol. The number of cyclic esters (lactones) is 1. The van der Waals surface area contributed by atoms with Gasteiger partial charge in [-0.15, -0.1) is 0 Å². The van der Waals surface area contributed by atoms with Crippen LogP contribution in [0, 0.1) is 0 Å². The van der Waals surface area contributed by atoms with Crippen molar-refractivity contribution in [1.29, 1.82) is 0 Å². The Morgan fingerprint density at radius 3 is 2.61 bits per heavy atom. The standard InChI is InChI=1S/C22H26N2O4/c1-3-27-20(21(25)24-11-12-28-22(24)26)14-16-7-9-18(10-8-16)19-6-4-5-17(13-19)15-23-2/h4-10,13,20,23H,3,11-12,14-15H2,1-2H3. The van der Waals surface area contributed by atoms with Gasteiger partial charge in [0.2, 0.25) is 0 Å². The molecule has 1 aliphatic heterocycles.